The molecule has 1 N–H and O–H groups in total. The first-order chi connectivity index (χ1) is 9.13. The molecule has 0 saturated carbocycles. The van der Waals surface area contributed by atoms with Crippen LogP contribution in [-0.4, -0.2) is 76.4 Å². The van der Waals surface area contributed by atoms with Gasteiger partial charge < -0.3 is 19.9 Å². The Morgan fingerprint density at radius 2 is 2.00 bits per heavy atom. The van der Waals surface area contributed by atoms with E-state index >= 15 is 0 Å². The van der Waals surface area contributed by atoms with Gasteiger partial charge in [0.25, 0.3) is 0 Å². The van der Waals surface area contributed by atoms with Gasteiger partial charge in [0.15, 0.2) is 0 Å². The molecule has 1 aliphatic rings. The van der Waals surface area contributed by atoms with E-state index in [1.165, 1.54) is 25.9 Å². The number of hydrogen-bond acceptors (Lipinski definition) is 4. The van der Waals surface area contributed by atoms with E-state index in [-0.39, 0.29) is 0 Å². The molecular weight excluding hydrogens is 238 g/mol. The first-order valence-corrected chi connectivity index (χ1v) is 7.78. The molecular formula is C15H33N3O. The molecule has 1 rings (SSSR count). The van der Waals surface area contributed by atoms with Gasteiger partial charge in [0.1, 0.15) is 0 Å². The number of hydrogen-bond donors (Lipinski definition) is 1. The minimum Gasteiger partial charge on any atom is -0.381 e. The lowest BCUT2D eigenvalue weighted by Gasteiger charge is -2.35. The fourth-order valence-electron chi connectivity index (χ4n) is 2.72. The summed E-state index contributed by atoms with van der Waals surface area (Å²) in [5.41, 5.74) is 0. The maximum atomic E-state index is 5.66. The highest BCUT2D eigenvalue weighted by Crippen LogP contribution is 2.16. The average molecular weight is 271 g/mol. The molecule has 0 radical (unpaired) electrons. The minimum absolute atomic E-state index is 0.643. The van der Waals surface area contributed by atoms with Crippen molar-refractivity contribution in [1.82, 2.24) is 15.1 Å². The van der Waals surface area contributed by atoms with Crippen LogP contribution in [0.15, 0.2) is 0 Å². The van der Waals surface area contributed by atoms with Crippen LogP contribution in [0, 0.1) is 5.92 Å². The quantitative estimate of drug-likeness (QED) is 0.683. The zero-order valence-corrected chi connectivity index (χ0v) is 13.3. The molecule has 4 heteroatoms. The fourth-order valence-corrected chi connectivity index (χ4v) is 2.72. The van der Waals surface area contributed by atoms with E-state index in [1.807, 2.05) is 0 Å². The highest BCUT2D eigenvalue weighted by Gasteiger charge is 2.25. The van der Waals surface area contributed by atoms with Gasteiger partial charge in [0.05, 0.1) is 6.61 Å². The predicted octanol–water partition coefficient (Wildman–Crippen LogP) is 1.27. The molecule has 0 bridgehead atoms. The molecule has 4 nitrogen and oxygen atoms in total. The van der Waals surface area contributed by atoms with Gasteiger partial charge in [-0.1, -0.05) is 6.92 Å². The lowest BCUT2D eigenvalue weighted by Crippen LogP contribution is -2.47. The normalized spacial score (nSPS) is 24.3. The van der Waals surface area contributed by atoms with E-state index < -0.39 is 0 Å². The van der Waals surface area contributed by atoms with Crippen molar-refractivity contribution < 1.29 is 4.74 Å². The van der Waals surface area contributed by atoms with Gasteiger partial charge >= 0.3 is 0 Å². The summed E-state index contributed by atoms with van der Waals surface area (Å²) in [6, 6.07) is 0.644. The Labute approximate surface area is 119 Å². The van der Waals surface area contributed by atoms with Gasteiger partial charge in [-0.3, -0.25) is 0 Å². The Hall–Kier alpha value is -0.160. The van der Waals surface area contributed by atoms with Gasteiger partial charge in [-0.05, 0) is 60.0 Å². The van der Waals surface area contributed by atoms with E-state index in [0.29, 0.717) is 12.0 Å². The first-order valence-electron chi connectivity index (χ1n) is 7.78. The van der Waals surface area contributed by atoms with Gasteiger partial charge in [-0.25, -0.2) is 0 Å². The van der Waals surface area contributed by atoms with Crippen molar-refractivity contribution in [2.24, 2.45) is 5.92 Å². The number of rotatable bonds is 9. The highest BCUT2D eigenvalue weighted by molar-refractivity contribution is 4.81. The fraction of sp³-hybridized carbons (Fsp3) is 1.00. The zero-order chi connectivity index (χ0) is 14.1. The number of nitrogens with one attached hydrogen (secondary N) is 1. The Morgan fingerprint density at radius 1 is 1.21 bits per heavy atom. The van der Waals surface area contributed by atoms with Crippen molar-refractivity contribution in [3.63, 3.8) is 0 Å². The number of ether oxygens (including phenoxy) is 1. The maximum absolute atomic E-state index is 5.66. The van der Waals surface area contributed by atoms with Gasteiger partial charge in [0, 0.05) is 25.1 Å². The molecule has 19 heavy (non-hydrogen) atoms. The second-order valence-corrected chi connectivity index (χ2v) is 6.10. The standard InChI is InChI=1S/C15H33N3O/c1-5-8-16-15-7-11-19-13-14(15)12-18(4)10-6-9-17(2)3/h14-16H,5-13H2,1-4H3. The van der Waals surface area contributed by atoms with Crippen molar-refractivity contribution in [3.05, 3.63) is 0 Å². The predicted molar refractivity (Wildman–Crippen MR) is 81.7 cm³/mol. The third kappa shape index (κ3) is 7.25. The van der Waals surface area contributed by atoms with Crippen LogP contribution in [-0.2, 0) is 4.74 Å². The van der Waals surface area contributed by atoms with Crippen molar-refractivity contribution in [1.29, 1.82) is 0 Å². The Kier molecular flexibility index (Phi) is 8.62. The Morgan fingerprint density at radius 3 is 2.68 bits per heavy atom. The second-order valence-electron chi connectivity index (χ2n) is 6.10. The summed E-state index contributed by atoms with van der Waals surface area (Å²) in [6.45, 7) is 8.69. The van der Waals surface area contributed by atoms with Crippen LogP contribution >= 0.6 is 0 Å². The molecule has 114 valence electrons. The van der Waals surface area contributed by atoms with Crippen LogP contribution in [0.25, 0.3) is 0 Å². The van der Waals surface area contributed by atoms with E-state index in [9.17, 15) is 0 Å². The molecule has 0 aromatic rings. The molecule has 0 aromatic heterocycles. The smallest absolute Gasteiger partial charge is 0.0521 e. The molecule has 0 spiro atoms. The second kappa shape index (κ2) is 9.70. The van der Waals surface area contributed by atoms with E-state index in [2.05, 4.69) is 43.2 Å². The zero-order valence-electron chi connectivity index (χ0n) is 13.3. The summed E-state index contributed by atoms with van der Waals surface area (Å²) < 4.78 is 5.66. The average Bonchev–Trinajstić information content (AvgIpc) is 2.37. The van der Waals surface area contributed by atoms with Crippen LogP contribution in [0.1, 0.15) is 26.2 Å². The number of nitrogens with zero attached hydrogens (tertiary/aromatic N) is 2. The Bertz CT molecular complexity index is 223. The molecule has 2 atom stereocenters. The molecule has 1 saturated heterocycles. The van der Waals surface area contributed by atoms with Crippen LogP contribution in [0.5, 0.6) is 0 Å². The van der Waals surface area contributed by atoms with Gasteiger partial charge in [-0.15, -0.1) is 0 Å². The van der Waals surface area contributed by atoms with Crippen LogP contribution in [0.3, 0.4) is 0 Å². The molecule has 0 aliphatic carbocycles. The van der Waals surface area contributed by atoms with Crippen LogP contribution < -0.4 is 5.32 Å². The topological polar surface area (TPSA) is 27.7 Å². The molecule has 0 aromatic carbocycles. The lowest BCUT2D eigenvalue weighted by molar-refractivity contribution is 0.0196. The highest BCUT2D eigenvalue weighted by atomic mass is 16.5. The summed E-state index contributed by atoms with van der Waals surface area (Å²) >= 11 is 0. The van der Waals surface area contributed by atoms with Crippen molar-refractivity contribution in [3.8, 4) is 0 Å². The molecule has 2 unspecified atom stereocenters. The molecule has 0 amide bonds. The third-order valence-corrected chi connectivity index (χ3v) is 3.82. The molecule has 1 heterocycles. The van der Waals surface area contributed by atoms with Gasteiger partial charge in [-0.2, -0.15) is 0 Å². The van der Waals surface area contributed by atoms with Crippen molar-refractivity contribution in [2.45, 2.75) is 32.2 Å². The lowest BCUT2D eigenvalue weighted by atomic mass is 9.95. The van der Waals surface area contributed by atoms with Crippen LogP contribution in [0.4, 0.5) is 0 Å². The monoisotopic (exact) mass is 271 g/mol. The third-order valence-electron chi connectivity index (χ3n) is 3.82. The van der Waals surface area contributed by atoms with Crippen molar-refractivity contribution >= 4 is 0 Å². The molecule has 1 aliphatic heterocycles. The largest absolute Gasteiger partial charge is 0.381 e. The summed E-state index contributed by atoms with van der Waals surface area (Å²) in [4.78, 5) is 4.71. The van der Waals surface area contributed by atoms with Crippen LogP contribution in [0.2, 0.25) is 0 Å². The summed E-state index contributed by atoms with van der Waals surface area (Å²) in [5, 5.41) is 3.69. The summed E-state index contributed by atoms with van der Waals surface area (Å²) in [7, 11) is 6.51. The summed E-state index contributed by atoms with van der Waals surface area (Å²) in [5.74, 6) is 0.643. The SMILES string of the molecule is CCCNC1CCOCC1CN(C)CCCN(C)C. The van der Waals surface area contributed by atoms with E-state index in [0.717, 1.165) is 32.7 Å². The van der Waals surface area contributed by atoms with E-state index in [1.54, 1.807) is 0 Å². The maximum Gasteiger partial charge on any atom is 0.0521 e. The Balaban J connectivity index is 2.26. The van der Waals surface area contributed by atoms with Gasteiger partial charge in [0.2, 0.25) is 0 Å². The first kappa shape index (κ1) is 16.9. The van der Waals surface area contributed by atoms with E-state index in [4.69, 9.17) is 4.74 Å². The van der Waals surface area contributed by atoms with Crippen molar-refractivity contribution in [2.75, 3.05) is 60.5 Å². The molecule has 1 fully saturated rings. The minimum atomic E-state index is 0.643. The summed E-state index contributed by atoms with van der Waals surface area (Å²) in [6.07, 6.45) is 3.61.